The SMILES string of the molecule is O=C(C1CC1)N1C[C@H]2CNC[C@@]2(C(=O)NCc2cccc(F)c2F)C1. The number of benzene rings is 1. The van der Waals surface area contributed by atoms with Crippen LogP contribution in [0.1, 0.15) is 18.4 Å². The van der Waals surface area contributed by atoms with Crippen LogP contribution >= 0.6 is 0 Å². The van der Waals surface area contributed by atoms with Crippen LogP contribution in [0.4, 0.5) is 8.78 Å². The average molecular weight is 349 g/mol. The molecule has 0 radical (unpaired) electrons. The van der Waals surface area contributed by atoms with Gasteiger partial charge in [-0.25, -0.2) is 8.78 Å². The molecule has 2 atom stereocenters. The third-order valence-corrected chi connectivity index (χ3v) is 5.69. The Morgan fingerprint density at radius 2 is 2.12 bits per heavy atom. The monoisotopic (exact) mass is 349 g/mol. The number of halogens is 2. The molecule has 1 saturated carbocycles. The van der Waals surface area contributed by atoms with Crippen LogP contribution in [0.3, 0.4) is 0 Å². The first kappa shape index (κ1) is 16.4. The normalized spacial score (nSPS) is 28.1. The Morgan fingerprint density at radius 1 is 1.32 bits per heavy atom. The highest BCUT2D eigenvalue weighted by atomic mass is 19.2. The van der Waals surface area contributed by atoms with Crippen LogP contribution in [-0.4, -0.2) is 42.9 Å². The molecule has 2 heterocycles. The summed E-state index contributed by atoms with van der Waals surface area (Å²) < 4.78 is 27.1. The third kappa shape index (κ3) is 2.80. The van der Waals surface area contributed by atoms with Crippen molar-refractivity contribution in [2.45, 2.75) is 19.4 Å². The molecule has 25 heavy (non-hydrogen) atoms. The quantitative estimate of drug-likeness (QED) is 0.854. The summed E-state index contributed by atoms with van der Waals surface area (Å²) in [6.45, 7) is 2.12. The molecule has 1 aromatic rings. The maximum absolute atomic E-state index is 13.8. The van der Waals surface area contributed by atoms with Gasteiger partial charge in [-0.05, 0) is 18.9 Å². The van der Waals surface area contributed by atoms with Crippen LogP contribution in [0.2, 0.25) is 0 Å². The van der Waals surface area contributed by atoms with E-state index < -0.39 is 17.0 Å². The molecule has 2 aliphatic heterocycles. The largest absolute Gasteiger partial charge is 0.351 e. The number of likely N-dealkylation sites (tertiary alicyclic amines) is 1. The van der Waals surface area contributed by atoms with Gasteiger partial charge in [-0.2, -0.15) is 0 Å². The van der Waals surface area contributed by atoms with Gasteiger partial charge in [0.05, 0.1) is 5.41 Å². The van der Waals surface area contributed by atoms with Gasteiger partial charge >= 0.3 is 0 Å². The van der Waals surface area contributed by atoms with E-state index in [2.05, 4.69) is 10.6 Å². The number of hydrogen-bond donors (Lipinski definition) is 2. The average Bonchev–Trinajstić information content (AvgIpc) is 3.26. The van der Waals surface area contributed by atoms with Gasteiger partial charge in [0.1, 0.15) is 0 Å². The summed E-state index contributed by atoms with van der Waals surface area (Å²) in [6, 6.07) is 3.93. The van der Waals surface area contributed by atoms with Gasteiger partial charge in [0.15, 0.2) is 11.6 Å². The Labute approximate surface area is 144 Å². The molecule has 2 amide bonds. The zero-order valence-corrected chi connectivity index (χ0v) is 13.9. The van der Waals surface area contributed by atoms with Crippen molar-refractivity contribution in [3.05, 3.63) is 35.4 Å². The molecular weight excluding hydrogens is 328 g/mol. The van der Waals surface area contributed by atoms with Crippen molar-refractivity contribution in [1.29, 1.82) is 0 Å². The molecule has 3 aliphatic rings. The summed E-state index contributed by atoms with van der Waals surface area (Å²) >= 11 is 0. The van der Waals surface area contributed by atoms with Crippen molar-refractivity contribution in [3.8, 4) is 0 Å². The molecule has 2 saturated heterocycles. The van der Waals surface area contributed by atoms with E-state index in [9.17, 15) is 18.4 Å². The van der Waals surface area contributed by atoms with Crippen LogP contribution in [-0.2, 0) is 16.1 Å². The predicted molar refractivity (Wildman–Crippen MR) is 86.3 cm³/mol. The highest BCUT2D eigenvalue weighted by Gasteiger charge is 2.56. The van der Waals surface area contributed by atoms with E-state index in [4.69, 9.17) is 0 Å². The molecule has 1 aliphatic carbocycles. The summed E-state index contributed by atoms with van der Waals surface area (Å²) in [5.41, 5.74) is -0.551. The van der Waals surface area contributed by atoms with Crippen LogP contribution in [0.15, 0.2) is 18.2 Å². The number of amides is 2. The van der Waals surface area contributed by atoms with E-state index in [-0.39, 0.29) is 35.8 Å². The predicted octanol–water partition coefficient (Wildman–Crippen LogP) is 1.04. The lowest BCUT2D eigenvalue weighted by molar-refractivity contribution is -0.134. The van der Waals surface area contributed by atoms with Crippen LogP contribution < -0.4 is 10.6 Å². The van der Waals surface area contributed by atoms with E-state index in [1.165, 1.54) is 12.1 Å². The Balaban J connectivity index is 1.46. The zero-order chi connectivity index (χ0) is 17.6. The van der Waals surface area contributed by atoms with Gasteiger partial charge in [0.25, 0.3) is 0 Å². The standard InChI is InChI=1S/C18H21F2N3O2/c19-14-3-1-2-12(15(14)20)6-22-17(25)18-9-21-7-13(18)8-23(10-18)16(24)11-4-5-11/h1-3,11,13,21H,4-10H2,(H,22,25)/t13-,18-/m1/s1. The minimum absolute atomic E-state index is 0.0620. The summed E-state index contributed by atoms with van der Waals surface area (Å²) in [7, 11) is 0. The molecule has 0 bridgehead atoms. The van der Waals surface area contributed by atoms with Gasteiger partial charge in [0.2, 0.25) is 11.8 Å². The molecule has 0 aromatic heterocycles. The number of carbonyl (C=O) groups excluding carboxylic acids is 2. The van der Waals surface area contributed by atoms with Crippen LogP contribution in [0.5, 0.6) is 0 Å². The Bertz CT molecular complexity index is 722. The van der Waals surface area contributed by atoms with E-state index in [0.717, 1.165) is 18.9 Å². The van der Waals surface area contributed by atoms with E-state index in [0.29, 0.717) is 26.2 Å². The highest BCUT2D eigenvalue weighted by Crippen LogP contribution is 2.42. The molecule has 7 heteroatoms. The lowest BCUT2D eigenvalue weighted by Crippen LogP contribution is -2.47. The lowest BCUT2D eigenvalue weighted by atomic mass is 9.80. The first-order valence-corrected chi connectivity index (χ1v) is 8.72. The zero-order valence-electron chi connectivity index (χ0n) is 13.9. The van der Waals surface area contributed by atoms with Crippen molar-refractivity contribution in [2.24, 2.45) is 17.3 Å². The molecule has 1 aromatic carbocycles. The van der Waals surface area contributed by atoms with Crippen LogP contribution in [0.25, 0.3) is 0 Å². The Hall–Kier alpha value is -2.02. The van der Waals surface area contributed by atoms with Crippen molar-refractivity contribution in [3.63, 3.8) is 0 Å². The van der Waals surface area contributed by atoms with Crippen molar-refractivity contribution in [2.75, 3.05) is 26.2 Å². The molecule has 5 nitrogen and oxygen atoms in total. The highest BCUT2D eigenvalue weighted by molar-refractivity contribution is 5.87. The lowest BCUT2D eigenvalue weighted by Gasteiger charge is -2.27. The van der Waals surface area contributed by atoms with Gasteiger partial charge < -0.3 is 15.5 Å². The van der Waals surface area contributed by atoms with Gasteiger partial charge in [-0.15, -0.1) is 0 Å². The minimum atomic E-state index is -0.932. The summed E-state index contributed by atoms with van der Waals surface area (Å²) in [5.74, 6) is -1.71. The fourth-order valence-corrected chi connectivity index (χ4v) is 4.03. The number of carbonyl (C=O) groups is 2. The first-order chi connectivity index (χ1) is 12.0. The van der Waals surface area contributed by atoms with E-state index in [1.807, 2.05) is 4.90 Å². The Kier molecular flexibility index (Phi) is 3.98. The van der Waals surface area contributed by atoms with E-state index >= 15 is 0 Å². The second-order valence-corrected chi connectivity index (χ2v) is 7.37. The number of nitrogens with one attached hydrogen (secondary N) is 2. The maximum atomic E-state index is 13.8. The molecule has 2 N–H and O–H groups in total. The van der Waals surface area contributed by atoms with Crippen molar-refractivity contribution in [1.82, 2.24) is 15.5 Å². The van der Waals surface area contributed by atoms with Gasteiger partial charge in [-0.1, -0.05) is 12.1 Å². The molecule has 3 fully saturated rings. The fraction of sp³-hybridized carbons (Fsp3) is 0.556. The Morgan fingerprint density at radius 3 is 2.88 bits per heavy atom. The first-order valence-electron chi connectivity index (χ1n) is 8.72. The third-order valence-electron chi connectivity index (χ3n) is 5.69. The fourth-order valence-electron chi connectivity index (χ4n) is 4.03. The second-order valence-electron chi connectivity index (χ2n) is 7.37. The molecule has 4 rings (SSSR count). The number of rotatable bonds is 4. The summed E-state index contributed by atoms with van der Waals surface area (Å²) in [5, 5.41) is 5.99. The number of fused-ring (bicyclic) bond motifs is 1. The topological polar surface area (TPSA) is 61.4 Å². The van der Waals surface area contributed by atoms with Gasteiger partial charge in [0, 0.05) is 50.1 Å². The van der Waals surface area contributed by atoms with Crippen LogP contribution in [0, 0.1) is 28.9 Å². The smallest absolute Gasteiger partial charge is 0.229 e. The summed E-state index contributed by atoms with van der Waals surface area (Å²) in [6.07, 6.45) is 1.88. The molecule has 134 valence electrons. The van der Waals surface area contributed by atoms with Crippen molar-refractivity contribution >= 4 is 11.8 Å². The van der Waals surface area contributed by atoms with E-state index in [1.54, 1.807) is 0 Å². The molecular formula is C18H21F2N3O2. The number of nitrogens with zero attached hydrogens (tertiary/aromatic N) is 1. The second kappa shape index (κ2) is 6.05. The van der Waals surface area contributed by atoms with Gasteiger partial charge in [-0.3, -0.25) is 9.59 Å². The minimum Gasteiger partial charge on any atom is -0.351 e. The summed E-state index contributed by atoms with van der Waals surface area (Å²) in [4.78, 5) is 27.0. The molecule has 0 spiro atoms. The maximum Gasteiger partial charge on any atom is 0.229 e. The molecule has 0 unspecified atom stereocenters. The van der Waals surface area contributed by atoms with Crippen molar-refractivity contribution < 1.29 is 18.4 Å². The number of hydrogen-bond acceptors (Lipinski definition) is 3.